The highest BCUT2D eigenvalue weighted by Gasteiger charge is 2.40. The zero-order valence-corrected chi connectivity index (χ0v) is 17.6. The maximum atomic E-state index is 6.74. The van der Waals surface area contributed by atoms with Crippen molar-refractivity contribution in [2.45, 2.75) is 69.9 Å². The summed E-state index contributed by atoms with van der Waals surface area (Å²) in [4.78, 5) is 2.59. The van der Waals surface area contributed by atoms with Gasteiger partial charge in [-0.1, -0.05) is 30.3 Å². The molecular formula is C25H32N2O2. The molecule has 154 valence electrons. The molecule has 29 heavy (non-hydrogen) atoms. The van der Waals surface area contributed by atoms with Crippen LogP contribution in [0.15, 0.2) is 42.5 Å². The molecule has 4 heteroatoms. The lowest BCUT2D eigenvalue weighted by molar-refractivity contribution is -0.00321. The van der Waals surface area contributed by atoms with Crippen molar-refractivity contribution in [1.29, 1.82) is 0 Å². The lowest BCUT2D eigenvalue weighted by atomic mass is 9.81. The van der Waals surface area contributed by atoms with Crippen LogP contribution in [-0.2, 0) is 19.5 Å². The molecule has 1 N–H and O–H groups in total. The van der Waals surface area contributed by atoms with Gasteiger partial charge in [-0.25, -0.2) is 0 Å². The highest BCUT2D eigenvalue weighted by atomic mass is 16.5. The van der Waals surface area contributed by atoms with E-state index < -0.39 is 0 Å². The van der Waals surface area contributed by atoms with E-state index in [0.29, 0.717) is 12.1 Å². The van der Waals surface area contributed by atoms with Crippen LogP contribution in [0.3, 0.4) is 0 Å². The summed E-state index contributed by atoms with van der Waals surface area (Å²) in [5, 5.41) is 3.46. The molecular weight excluding hydrogens is 360 g/mol. The largest absolute Gasteiger partial charge is 0.490 e. The van der Waals surface area contributed by atoms with Crippen LogP contribution < -0.4 is 14.8 Å². The topological polar surface area (TPSA) is 33.7 Å². The maximum absolute atomic E-state index is 6.74. The first kappa shape index (κ1) is 19.0. The van der Waals surface area contributed by atoms with Crippen LogP contribution in [0.5, 0.6) is 11.5 Å². The van der Waals surface area contributed by atoms with E-state index in [-0.39, 0.29) is 5.60 Å². The first-order chi connectivity index (χ1) is 14.1. The molecule has 1 atom stereocenters. The van der Waals surface area contributed by atoms with Gasteiger partial charge in [0.1, 0.15) is 23.2 Å². The van der Waals surface area contributed by atoms with Crippen molar-refractivity contribution >= 4 is 0 Å². The molecule has 2 aromatic carbocycles. The van der Waals surface area contributed by atoms with Crippen LogP contribution in [0.25, 0.3) is 0 Å². The fourth-order valence-corrected chi connectivity index (χ4v) is 5.34. The van der Waals surface area contributed by atoms with E-state index >= 15 is 0 Å². The number of para-hydroxylation sites is 1. The Labute approximate surface area is 174 Å². The third-order valence-electron chi connectivity index (χ3n) is 6.88. The Kier molecular flexibility index (Phi) is 5.00. The minimum Gasteiger partial charge on any atom is -0.490 e. The van der Waals surface area contributed by atoms with E-state index in [4.69, 9.17) is 9.47 Å². The third kappa shape index (κ3) is 3.88. The Morgan fingerprint density at radius 1 is 1.07 bits per heavy atom. The molecule has 0 saturated heterocycles. The number of hydrogen-bond donors (Lipinski definition) is 1. The lowest BCUT2D eigenvalue weighted by Crippen LogP contribution is -2.50. The van der Waals surface area contributed by atoms with E-state index in [9.17, 15) is 0 Å². The standard InChI is InChI=1S/C25H32N2O2/c1-18-13-21-14-19(7-8-23(21)28-18)15-27-16-20-5-3-4-6-24(20)29-25(17-27)11-9-22(26-2)10-12-25/h3-8,14,18,22,26H,9-13,15-17H2,1-2H3/t18-,22?,25?/m0/s1. The Balaban J connectivity index is 1.40. The number of hydrogen-bond acceptors (Lipinski definition) is 4. The summed E-state index contributed by atoms with van der Waals surface area (Å²) in [6.07, 6.45) is 5.90. The zero-order valence-electron chi connectivity index (χ0n) is 17.6. The van der Waals surface area contributed by atoms with Crippen molar-refractivity contribution in [3.63, 3.8) is 0 Å². The van der Waals surface area contributed by atoms with Crippen LogP contribution >= 0.6 is 0 Å². The Morgan fingerprint density at radius 3 is 2.72 bits per heavy atom. The molecule has 0 aromatic heterocycles. The summed E-state index contributed by atoms with van der Waals surface area (Å²) in [7, 11) is 2.08. The SMILES string of the molecule is CNC1CCC2(CC1)CN(Cc1ccc3c(c1)C[C@H](C)O3)Cc1ccccc1O2. The van der Waals surface area contributed by atoms with Gasteiger partial charge in [-0.15, -0.1) is 0 Å². The minimum absolute atomic E-state index is 0.0751. The van der Waals surface area contributed by atoms with Crippen molar-refractivity contribution in [3.05, 3.63) is 59.2 Å². The van der Waals surface area contributed by atoms with Gasteiger partial charge in [0.25, 0.3) is 0 Å². The molecule has 1 saturated carbocycles. The van der Waals surface area contributed by atoms with Gasteiger partial charge in [0.15, 0.2) is 0 Å². The first-order valence-corrected chi connectivity index (χ1v) is 11.1. The highest BCUT2D eigenvalue weighted by Crippen LogP contribution is 2.39. The summed E-state index contributed by atoms with van der Waals surface area (Å²) in [5.74, 6) is 2.14. The molecule has 2 aromatic rings. The highest BCUT2D eigenvalue weighted by molar-refractivity contribution is 5.41. The van der Waals surface area contributed by atoms with E-state index in [1.165, 1.54) is 29.5 Å². The quantitative estimate of drug-likeness (QED) is 0.844. The summed E-state index contributed by atoms with van der Waals surface area (Å²) < 4.78 is 12.6. The van der Waals surface area contributed by atoms with Crippen LogP contribution in [0.4, 0.5) is 0 Å². The Bertz CT molecular complexity index is 873. The second kappa shape index (κ2) is 7.66. The molecule has 4 nitrogen and oxygen atoms in total. The van der Waals surface area contributed by atoms with Gasteiger partial charge in [0.2, 0.25) is 0 Å². The molecule has 2 heterocycles. The van der Waals surface area contributed by atoms with Crippen molar-refractivity contribution in [2.75, 3.05) is 13.6 Å². The molecule has 2 aliphatic heterocycles. The number of rotatable bonds is 3. The van der Waals surface area contributed by atoms with Crippen LogP contribution in [0.1, 0.15) is 49.3 Å². The van der Waals surface area contributed by atoms with Crippen molar-refractivity contribution in [1.82, 2.24) is 10.2 Å². The van der Waals surface area contributed by atoms with Gasteiger partial charge >= 0.3 is 0 Å². The van der Waals surface area contributed by atoms with E-state index in [2.05, 4.69) is 66.7 Å². The molecule has 3 aliphatic rings. The number of nitrogens with one attached hydrogen (secondary N) is 1. The van der Waals surface area contributed by atoms with E-state index in [1.54, 1.807) is 0 Å². The summed E-state index contributed by atoms with van der Waals surface area (Å²) in [5.41, 5.74) is 3.96. The Hall–Kier alpha value is -2.04. The predicted octanol–water partition coefficient (Wildman–Crippen LogP) is 4.31. The molecule has 5 rings (SSSR count). The van der Waals surface area contributed by atoms with Crippen molar-refractivity contribution < 1.29 is 9.47 Å². The third-order valence-corrected chi connectivity index (χ3v) is 6.88. The zero-order chi connectivity index (χ0) is 19.8. The van der Waals surface area contributed by atoms with Crippen LogP contribution in [0, 0.1) is 0 Å². The smallest absolute Gasteiger partial charge is 0.124 e. The lowest BCUT2D eigenvalue weighted by Gasteiger charge is -2.41. The molecule has 0 amide bonds. The van der Waals surface area contributed by atoms with Gasteiger partial charge in [-0.3, -0.25) is 4.90 Å². The van der Waals surface area contributed by atoms with Gasteiger partial charge in [-0.2, -0.15) is 0 Å². The molecule has 1 spiro atoms. The van der Waals surface area contributed by atoms with Crippen molar-refractivity contribution in [2.24, 2.45) is 0 Å². The van der Waals surface area contributed by atoms with E-state index in [1.807, 2.05) is 0 Å². The monoisotopic (exact) mass is 392 g/mol. The average molecular weight is 393 g/mol. The van der Waals surface area contributed by atoms with Gasteiger partial charge in [0, 0.05) is 37.7 Å². The van der Waals surface area contributed by atoms with Crippen LogP contribution in [-0.4, -0.2) is 36.2 Å². The van der Waals surface area contributed by atoms with Crippen molar-refractivity contribution in [3.8, 4) is 11.5 Å². The first-order valence-electron chi connectivity index (χ1n) is 11.1. The normalized spacial score (nSPS) is 28.9. The second-order valence-electron chi connectivity index (χ2n) is 9.18. The predicted molar refractivity (Wildman–Crippen MR) is 115 cm³/mol. The average Bonchev–Trinajstić information content (AvgIpc) is 3.01. The Morgan fingerprint density at radius 2 is 1.90 bits per heavy atom. The number of fused-ring (bicyclic) bond motifs is 2. The summed E-state index contributed by atoms with van der Waals surface area (Å²) >= 11 is 0. The molecule has 1 aliphatic carbocycles. The molecule has 0 unspecified atom stereocenters. The fraction of sp³-hybridized carbons (Fsp3) is 0.520. The maximum Gasteiger partial charge on any atom is 0.124 e. The summed E-state index contributed by atoms with van der Waals surface area (Å²) in [6.45, 7) is 5.03. The fourth-order valence-electron chi connectivity index (χ4n) is 5.34. The number of nitrogens with zero attached hydrogens (tertiary/aromatic N) is 1. The molecule has 0 radical (unpaired) electrons. The minimum atomic E-state index is -0.0751. The van der Waals surface area contributed by atoms with Gasteiger partial charge in [-0.05, 0) is 62.9 Å². The van der Waals surface area contributed by atoms with Gasteiger partial charge < -0.3 is 14.8 Å². The molecule has 0 bridgehead atoms. The molecule has 1 fully saturated rings. The number of ether oxygens (including phenoxy) is 2. The second-order valence-corrected chi connectivity index (χ2v) is 9.18. The van der Waals surface area contributed by atoms with Gasteiger partial charge in [0.05, 0.1) is 0 Å². The van der Waals surface area contributed by atoms with E-state index in [0.717, 1.165) is 50.4 Å². The van der Waals surface area contributed by atoms with Crippen LogP contribution in [0.2, 0.25) is 0 Å². The number of benzene rings is 2. The summed E-state index contributed by atoms with van der Waals surface area (Å²) in [6, 6.07) is 16.0.